The van der Waals surface area contributed by atoms with Crippen LogP contribution in [0.25, 0.3) is 22.8 Å². The third-order valence-corrected chi connectivity index (χ3v) is 8.32. The Balaban J connectivity index is 1.31. The van der Waals surface area contributed by atoms with Gasteiger partial charge in [-0.25, -0.2) is 19.0 Å². The standard InChI is InChI=1S/C33H37FN6O/c1-24-31-32(39-20-8-19-38(21-22-39)30(41)18-13-25-9-4-2-5-10-25)35-29(23-26-11-6-3-7-12-26)36-33(31)40(37-24)28-16-14-27(34)15-17-28/h2,4-5,9-10,13-18,26H,3,6-8,11-12,19-23H2,1H3. The van der Waals surface area contributed by atoms with Gasteiger partial charge in [0.1, 0.15) is 17.5 Å². The topological polar surface area (TPSA) is 67.2 Å². The first-order valence-electron chi connectivity index (χ1n) is 14.8. The second-order valence-corrected chi connectivity index (χ2v) is 11.3. The van der Waals surface area contributed by atoms with Crippen LogP contribution in [-0.2, 0) is 11.2 Å². The zero-order valence-electron chi connectivity index (χ0n) is 23.7. The van der Waals surface area contributed by atoms with Crippen LogP contribution >= 0.6 is 0 Å². The minimum atomic E-state index is -0.280. The third-order valence-electron chi connectivity index (χ3n) is 8.32. The average molecular weight is 553 g/mol. The molecule has 2 aromatic carbocycles. The van der Waals surface area contributed by atoms with Gasteiger partial charge in [0.05, 0.1) is 16.8 Å². The fourth-order valence-corrected chi connectivity index (χ4v) is 6.12. The lowest BCUT2D eigenvalue weighted by Crippen LogP contribution is -2.34. The highest BCUT2D eigenvalue weighted by atomic mass is 19.1. The molecule has 212 valence electrons. The second-order valence-electron chi connectivity index (χ2n) is 11.3. The summed E-state index contributed by atoms with van der Waals surface area (Å²) >= 11 is 0. The summed E-state index contributed by atoms with van der Waals surface area (Å²) in [5, 5.41) is 5.77. The van der Waals surface area contributed by atoms with Crippen LogP contribution in [0.4, 0.5) is 10.2 Å². The maximum Gasteiger partial charge on any atom is 0.246 e. The van der Waals surface area contributed by atoms with Crippen molar-refractivity contribution in [2.24, 2.45) is 5.92 Å². The van der Waals surface area contributed by atoms with E-state index >= 15 is 0 Å². The molecule has 41 heavy (non-hydrogen) atoms. The predicted octanol–water partition coefficient (Wildman–Crippen LogP) is 6.14. The molecule has 2 aromatic heterocycles. The molecule has 1 saturated carbocycles. The normalized spacial score (nSPS) is 16.9. The van der Waals surface area contributed by atoms with Gasteiger partial charge in [0, 0.05) is 38.7 Å². The highest BCUT2D eigenvalue weighted by molar-refractivity contribution is 5.92. The van der Waals surface area contributed by atoms with Crippen molar-refractivity contribution >= 4 is 28.8 Å². The molecule has 4 aromatic rings. The minimum absolute atomic E-state index is 0.0295. The van der Waals surface area contributed by atoms with E-state index in [-0.39, 0.29) is 11.7 Å². The molecule has 2 fully saturated rings. The molecule has 6 rings (SSSR count). The number of anilines is 1. The van der Waals surface area contributed by atoms with Crippen LogP contribution in [0.5, 0.6) is 0 Å². The van der Waals surface area contributed by atoms with Gasteiger partial charge in [-0.3, -0.25) is 4.79 Å². The van der Waals surface area contributed by atoms with Crippen LogP contribution in [0.15, 0.2) is 60.7 Å². The molecule has 0 bridgehead atoms. The summed E-state index contributed by atoms with van der Waals surface area (Å²) in [4.78, 5) is 27.5. The monoisotopic (exact) mass is 552 g/mol. The number of rotatable bonds is 6. The molecule has 2 aliphatic rings. The number of amides is 1. The Morgan fingerprint density at radius 2 is 1.71 bits per heavy atom. The number of aryl methyl sites for hydroxylation is 1. The van der Waals surface area contributed by atoms with E-state index in [4.69, 9.17) is 15.1 Å². The first-order chi connectivity index (χ1) is 20.0. The molecule has 0 N–H and O–H groups in total. The maximum absolute atomic E-state index is 13.7. The maximum atomic E-state index is 13.7. The number of nitrogens with zero attached hydrogens (tertiary/aromatic N) is 6. The second kappa shape index (κ2) is 12.2. The van der Waals surface area contributed by atoms with Gasteiger partial charge in [-0.05, 0) is 55.2 Å². The molecular formula is C33H37FN6O. The van der Waals surface area contributed by atoms with Gasteiger partial charge >= 0.3 is 0 Å². The first-order valence-corrected chi connectivity index (χ1v) is 14.8. The Labute approximate surface area is 240 Å². The van der Waals surface area contributed by atoms with Crippen LogP contribution < -0.4 is 4.90 Å². The van der Waals surface area contributed by atoms with E-state index in [9.17, 15) is 9.18 Å². The van der Waals surface area contributed by atoms with Crippen molar-refractivity contribution < 1.29 is 9.18 Å². The Morgan fingerprint density at radius 3 is 2.49 bits per heavy atom. The molecule has 0 radical (unpaired) electrons. The van der Waals surface area contributed by atoms with Crippen molar-refractivity contribution in [1.82, 2.24) is 24.6 Å². The molecular weight excluding hydrogens is 515 g/mol. The molecule has 0 atom stereocenters. The zero-order valence-corrected chi connectivity index (χ0v) is 23.7. The third kappa shape index (κ3) is 6.16. The first kappa shape index (κ1) is 27.1. The highest BCUT2D eigenvalue weighted by Crippen LogP contribution is 2.32. The van der Waals surface area contributed by atoms with Crippen LogP contribution in [0.3, 0.4) is 0 Å². The van der Waals surface area contributed by atoms with E-state index in [2.05, 4.69) is 4.90 Å². The van der Waals surface area contributed by atoms with Crippen molar-refractivity contribution in [3.05, 3.63) is 83.6 Å². The van der Waals surface area contributed by atoms with E-state index < -0.39 is 0 Å². The minimum Gasteiger partial charge on any atom is -0.354 e. The van der Waals surface area contributed by atoms with E-state index in [1.807, 2.05) is 52.9 Å². The summed E-state index contributed by atoms with van der Waals surface area (Å²) in [6.07, 6.45) is 11.5. The van der Waals surface area contributed by atoms with E-state index in [1.165, 1.54) is 44.2 Å². The van der Waals surface area contributed by atoms with Crippen LogP contribution in [0.2, 0.25) is 0 Å². The van der Waals surface area contributed by atoms with E-state index in [0.29, 0.717) is 25.6 Å². The molecule has 8 heteroatoms. The van der Waals surface area contributed by atoms with Gasteiger partial charge in [-0.1, -0.05) is 62.4 Å². The Morgan fingerprint density at radius 1 is 0.927 bits per heavy atom. The molecule has 0 spiro atoms. The molecule has 1 amide bonds. The SMILES string of the molecule is Cc1nn(-c2ccc(F)cc2)c2nc(CC3CCCCC3)nc(N3CCCN(C(=O)C=Cc4ccccc4)CC3)c12. The Kier molecular flexibility index (Phi) is 8.07. The fraction of sp³-hybridized carbons (Fsp3) is 0.394. The Hall–Kier alpha value is -4.07. The molecule has 1 aliphatic heterocycles. The van der Waals surface area contributed by atoms with Gasteiger partial charge in [0.25, 0.3) is 0 Å². The average Bonchev–Trinajstić information content (AvgIpc) is 3.16. The molecule has 1 saturated heterocycles. The summed E-state index contributed by atoms with van der Waals surface area (Å²) in [7, 11) is 0. The number of carbonyl (C=O) groups is 1. The van der Waals surface area contributed by atoms with Gasteiger partial charge in [0.2, 0.25) is 5.91 Å². The lowest BCUT2D eigenvalue weighted by Gasteiger charge is -2.25. The highest BCUT2D eigenvalue weighted by Gasteiger charge is 2.26. The predicted molar refractivity (Wildman–Crippen MR) is 161 cm³/mol. The van der Waals surface area contributed by atoms with Crippen molar-refractivity contribution in [2.75, 3.05) is 31.1 Å². The molecule has 0 unspecified atom stereocenters. The number of fused-ring (bicyclic) bond motifs is 1. The number of benzene rings is 2. The van der Waals surface area contributed by atoms with E-state index in [1.54, 1.807) is 18.2 Å². The number of halogens is 1. The van der Waals surface area contributed by atoms with Gasteiger partial charge in [0.15, 0.2) is 5.65 Å². The number of aromatic nitrogens is 4. The van der Waals surface area contributed by atoms with Gasteiger partial charge in [-0.15, -0.1) is 0 Å². The Bertz CT molecular complexity index is 1530. The lowest BCUT2D eigenvalue weighted by atomic mass is 9.87. The van der Waals surface area contributed by atoms with Crippen LogP contribution in [0, 0.1) is 18.7 Å². The molecule has 7 nitrogen and oxygen atoms in total. The van der Waals surface area contributed by atoms with Crippen molar-refractivity contribution in [3.8, 4) is 5.69 Å². The lowest BCUT2D eigenvalue weighted by molar-refractivity contribution is -0.125. The van der Waals surface area contributed by atoms with Crippen LogP contribution in [0.1, 0.15) is 55.6 Å². The fourth-order valence-electron chi connectivity index (χ4n) is 6.12. The van der Waals surface area contributed by atoms with Crippen molar-refractivity contribution in [2.45, 2.75) is 51.9 Å². The number of hydrogen-bond donors (Lipinski definition) is 0. The van der Waals surface area contributed by atoms with E-state index in [0.717, 1.165) is 59.0 Å². The van der Waals surface area contributed by atoms with Gasteiger partial charge < -0.3 is 9.80 Å². The molecule has 1 aliphatic carbocycles. The molecule has 3 heterocycles. The smallest absolute Gasteiger partial charge is 0.246 e. The summed E-state index contributed by atoms with van der Waals surface area (Å²) in [5.74, 6) is 2.07. The summed E-state index contributed by atoms with van der Waals surface area (Å²) < 4.78 is 15.5. The van der Waals surface area contributed by atoms with Crippen molar-refractivity contribution in [3.63, 3.8) is 0 Å². The van der Waals surface area contributed by atoms with Gasteiger partial charge in [-0.2, -0.15) is 5.10 Å². The summed E-state index contributed by atoms with van der Waals surface area (Å²) in [6.45, 7) is 4.78. The summed E-state index contributed by atoms with van der Waals surface area (Å²) in [6, 6.07) is 16.3. The number of carbonyl (C=O) groups excluding carboxylic acids is 1. The largest absolute Gasteiger partial charge is 0.354 e. The van der Waals surface area contributed by atoms with Crippen LogP contribution in [-0.4, -0.2) is 56.7 Å². The quantitative estimate of drug-likeness (QED) is 0.269. The number of hydrogen-bond acceptors (Lipinski definition) is 5. The zero-order chi connectivity index (χ0) is 28.2. The summed E-state index contributed by atoms with van der Waals surface area (Å²) in [5.41, 5.74) is 3.38. The van der Waals surface area contributed by atoms with Crippen molar-refractivity contribution in [1.29, 1.82) is 0 Å².